The van der Waals surface area contributed by atoms with Crippen molar-refractivity contribution in [3.63, 3.8) is 0 Å². The van der Waals surface area contributed by atoms with Gasteiger partial charge in [0.25, 0.3) is 0 Å². The van der Waals surface area contributed by atoms with Gasteiger partial charge in [-0.1, -0.05) is 18.2 Å². The average Bonchev–Trinajstić information content (AvgIpc) is 3.37. The van der Waals surface area contributed by atoms with Crippen LogP contribution in [0.4, 0.5) is 17.5 Å². The quantitative estimate of drug-likeness (QED) is 0.523. The Labute approximate surface area is 157 Å². The number of fused-ring (bicyclic) bond motifs is 2. The summed E-state index contributed by atoms with van der Waals surface area (Å²) in [5.74, 6) is 2.25. The van der Waals surface area contributed by atoms with E-state index in [2.05, 4.69) is 33.8 Å². The summed E-state index contributed by atoms with van der Waals surface area (Å²) in [6.07, 6.45) is 5.25. The molecule has 5 nitrogen and oxygen atoms in total. The van der Waals surface area contributed by atoms with Crippen molar-refractivity contribution in [2.45, 2.75) is 25.8 Å². The standard InChI is InChI=1S/C22H20N4O/c1-2-9-20-19(8-1)21(23-14-18-7-4-12-27-18)26-22(25-20)24-17-11-10-15-5-3-6-16(15)13-17/h1-2,4,7-13H,3,5-6,14H2,(H2,23,24,25,26). The molecular weight excluding hydrogens is 336 g/mol. The molecule has 2 N–H and O–H groups in total. The van der Waals surface area contributed by atoms with Crippen molar-refractivity contribution in [2.75, 3.05) is 10.6 Å². The molecule has 2 aromatic heterocycles. The van der Waals surface area contributed by atoms with Gasteiger partial charge in [-0.3, -0.25) is 0 Å². The fourth-order valence-electron chi connectivity index (χ4n) is 3.63. The highest BCUT2D eigenvalue weighted by Gasteiger charge is 2.12. The van der Waals surface area contributed by atoms with Gasteiger partial charge in [0.2, 0.25) is 5.95 Å². The molecule has 2 aromatic carbocycles. The third-order valence-electron chi connectivity index (χ3n) is 4.97. The van der Waals surface area contributed by atoms with Crippen LogP contribution in [0, 0.1) is 0 Å². The number of hydrogen-bond donors (Lipinski definition) is 2. The molecule has 0 unspecified atom stereocenters. The number of nitrogens with zero attached hydrogens (tertiary/aromatic N) is 2. The fourth-order valence-corrected chi connectivity index (χ4v) is 3.63. The van der Waals surface area contributed by atoms with Crippen molar-refractivity contribution < 1.29 is 4.42 Å². The third kappa shape index (κ3) is 3.24. The molecule has 0 atom stereocenters. The molecule has 134 valence electrons. The number of furan rings is 1. The van der Waals surface area contributed by atoms with Crippen LogP contribution in [0.3, 0.4) is 0 Å². The van der Waals surface area contributed by atoms with Crippen molar-refractivity contribution in [2.24, 2.45) is 0 Å². The van der Waals surface area contributed by atoms with Crippen LogP contribution in [0.25, 0.3) is 10.9 Å². The first kappa shape index (κ1) is 15.9. The molecular formula is C22H20N4O. The SMILES string of the molecule is c1coc(CNc2nc(Nc3ccc4c(c3)CCC4)nc3ccccc23)c1. The largest absolute Gasteiger partial charge is 0.467 e. The lowest BCUT2D eigenvalue weighted by molar-refractivity contribution is 0.518. The second-order valence-corrected chi connectivity index (χ2v) is 6.81. The van der Waals surface area contributed by atoms with Gasteiger partial charge in [-0.25, -0.2) is 4.98 Å². The summed E-state index contributed by atoms with van der Waals surface area (Å²) in [5, 5.41) is 7.74. The van der Waals surface area contributed by atoms with Gasteiger partial charge < -0.3 is 15.1 Å². The Morgan fingerprint density at radius 1 is 0.926 bits per heavy atom. The minimum atomic E-state index is 0.576. The van der Waals surface area contributed by atoms with Crippen LogP contribution >= 0.6 is 0 Å². The number of para-hydroxylation sites is 1. The lowest BCUT2D eigenvalue weighted by atomic mass is 10.1. The maximum absolute atomic E-state index is 5.41. The maximum Gasteiger partial charge on any atom is 0.229 e. The zero-order valence-corrected chi connectivity index (χ0v) is 14.9. The number of rotatable bonds is 5. The van der Waals surface area contributed by atoms with Gasteiger partial charge in [0.05, 0.1) is 18.3 Å². The zero-order valence-electron chi connectivity index (χ0n) is 14.9. The Bertz CT molecular complexity index is 1090. The van der Waals surface area contributed by atoms with E-state index in [0.717, 1.165) is 34.6 Å². The van der Waals surface area contributed by atoms with Gasteiger partial charge in [-0.15, -0.1) is 0 Å². The minimum Gasteiger partial charge on any atom is -0.467 e. The van der Waals surface area contributed by atoms with E-state index >= 15 is 0 Å². The Kier molecular flexibility index (Phi) is 3.98. The van der Waals surface area contributed by atoms with Crippen LogP contribution in [0.2, 0.25) is 0 Å². The molecule has 0 bridgehead atoms. The van der Waals surface area contributed by atoms with E-state index in [1.807, 2.05) is 36.4 Å². The van der Waals surface area contributed by atoms with Gasteiger partial charge in [-0.2, -0.15) is 4.98 Å². The maximum atomic E-state index is 5.41. The molecule has 4 aromatic rings. The van der Waals surface area contributed by atoms with Crippen molar-refractivity contribution in [3.8, 4) is 0 Å². The highest BCUT2D eigenvalue weighted by atomic mass is 16.3. The normalized spacial score (nSPS) is 12.9. The van der Waals surface area contributed by atoms with Gasteiger partial charge in [0.1, 0.15) is 11.6 Å². The summed E-state index contributed by atoms with van der Waals surface area (Å²) in [7, 11) is 0. The Hall–Kier alpha value is -3.34. The highest BCUT2D eigenvalue weighted by molar-refractivity contribution is 5.90. The highest BCUT2D eigenvalue weighted by Crippen LogP contribution is 2.28. The van der Waals surface area contributed by atoms with Crippen LogP contribution in [0.1, 0.15) is 23.3 Å². The predicted molar refractivity (Wildman–Crippen MR) is 107 cm³/mol. The van der Waals surface area contributed by atoms with Crippen LogP contribution < -0.4 is 10.6 Å². The minimum absolute atomic E-state index is 0.576. The van der Waals surface area contributed by atoms with Gasteiger partial charge in [0.15, 0.2) is 0 Å². The number of hydrogen-bond acceptors (Lipinski definition) is 5. The smallest absolute Gasteiger partial charge is 0.229 e. The second-order valence-electron chi connectivity index (χ2n) is 6.81. The molecule has 0 spiro atoms. The number of aromatic nitrogens is 2. The Morgan fingerprint density at radius 3 is 2.78 bits per heavy atom. The van der Waals surface area contributed by atoms with Crippen LogP contribution in [0.15, 0.2) is 65.3 Å². The lowest BCUT2D eigenvalue weighted by Crippen LogP contribution is -2.05. The van der Waals surface area contributed by atoms with Crippen molar-refractivity contribution in [1.82, 2.24) is 9.97 Å². The Morgan fingerprint density at radius 2 is 1.85 bits per heavy atom. The molecule has 1 aliphatic carbocycles. The fraction of sp³-hybridized carbons (Fsp3) is 0.182. The van der Waals surface area contributed by atoms with E-state index in [-0.39, 0.29) is 0 Å². The van der Waals surface area contributed by atoms with E-state index in [4.69, 9.17) is 9.40 Å². The third-order valence-corrected chi connectivity index (χ3v) is 4.97. The van der Waals surface area contributed by atoms with Crippen LogP contribution in [-0.4, -0.2) is 9.97 Å². The first-order valence-electron chi connectivity index (χ1n) is 9.27. The topological polar surface area (TPSA) is 63.0 Å². The molecule has 0 amide bonds. The molecule has 0 saturated heterocycles. The summed E-state index contributed by atoms with van der Waals surface area (Å²) in [5.41, 5.74) is 4.82. The van der Waals surface area contributed by atoms with E-state index in [1.54, 1.807) is 6.26 Å². The van der Waals surface area contributed by atoms with E-state index in [1.165, 1.54) is 24.0 Å². The average molecular weight is 356 g/mol. The summed E-state index contributed by atoms with van der Waals surface area (Å²) in [4.78, 5) is 9.40. The summed E-state index contributed by atoms with van der Waals surface area (Å²) < 4.78 is 5.41. The van der Waals surface area contributed by atoms with E-state index < -0.39 is 0 Å². The van der Waals surface area contributed by atoms with Gasteiger partial charge >= 0.3 is 0 Å². The number of nitrogens with one attached hydrogen (secondary N) is 2. The first-order chi connectivity index (χ1) is 13.3. The molecule has 0 radical (unpaired) electrons. The molecule has 1 aliphatic rings. The predicted octanol–water partition coefficient (Wildman–Crippen LogP) is 5.07. The molecule has 5 rings (SSSR count). The summed E-state index contributed by atoms with van der Waals surface area (Å²) in [6.45, 7) is 0.576. The molecule has 27 heavy (non-hydrogen) atoms. The molecule has 0 fully saturated rings. The monoisotopic (exact) mass is 356 g/mol. The van der Waals surface area contributed by atoms with Gasteiger partial charge in [-0.05, 0) is 66.8 Å². The molecule has 0 saturated carbocycles. The summed E-state index contributed by atoms with van der Waals surface area (Å²) >= 11 is 0. The lowest BCUT2D eigenvalue weighted by Gasteiger charge is -2.12. The van der Waals surface area contributed by atoms with Crippen molar-refractivity contribution in [3.05, 3.63) is 77.7 Å². The van der Waals surface area contributed by atoms with E-state index in [9.17, 15) is 0 Å². The van der Waals surface area contributed by atoms with Crippen molar-refractivity contribution in [1.29, 1.82) is 0 Å². The van der Waals surface area contributed by atoms with Crippen molar-refractivity contribution >= 4 is 28.4 Å². The molecule has 2 heterocycles. The van der Waals surface area contributed by atoms with Gasteiger partial charge in [0, 0.05) is 11.1 Å². The Balaban J connectivity index is 1.47. The first-order valence-corrected chi connectivity index (χ1v) is 9.27. The van der Waals surface area contributed by atoms with Crippen LogP contribution in [-0.2, 0) is 19.4 Å². The number of benzene rings is 2. The van der Waals surface area contributed by atoms with E-state index in [0.29, 0.717) is 12.5 Å². The summed E-state index contributed by atoms with van der Waals surface area (Å²) in [6, 6.07) is 18.4. The second kappa shape index (κ2) is 6.76. The molecule has 5 heteroatoms. The zero-order chi connectivity index (χ0) is 18.1. The molecule has 0 aliphatic heterocycles. The number of anilines is 3. The van der Waals surface area contributed by atoms with Crippen LogP contribution in [0.5, 0.6) is 0 Å². The number of aryl methyl sites for hydroxylation is 2.